The predicted octanol–water partition coefficient (Wildman–Crippen LogP) is 2.91. The third-order valence-electron chi connectivity index (χ3n) is 4.40. The molecule has 2 aromatic rings. The molecule has 0 unspecified atom stereocenters. The van der Waals surface area contributed by atoms with Gasteiger partial charge in [-0.15, -0.1) is 0 Å². The lowest BCUT2D eigenvalue weighted by molar-refractivity contribution is 0.275. The zero-order valence-electron chi connectivity index (χ0n) is 14.6. The zero-order chi connectivity index (χ0) is 17.3. The molecule has 1 saturated heterocycles. The van der Waals surface area contributed by atoms with Crippen molar-refractivity contribution in [2.45, 2.75) is 38.6 Å². The molecule has 0 radical (unpaired) electrons. The quantitative estimate of drug-likeness (QED) is 0.711. The van der Waals surface area contributed by atoms with E-state index >= 15 is 0 Å². The molecule has 1 aromatic carbocycles. The standard InChI is InChI=1S/C18H27N5O2/c19-17-18(22-25-21-17)20-9-6-12-24-16-8-5-7-15(13-16)14-23-10-3-1-2-4-11-23/h5,7-8,13H,1-4,6,9-12,14H2,(H2,19,21)(H,20,22). The molecule has 0 bridgehead atoms. The number of hydrogen-bond donors (Lipinski definition) is 2. The van der Waals surface area contributed by atoms with Crippen molar-refractivity contribution in [1.82, 2.24) is 15.2 Å². The normalized spacial score (nSPS) is 15.7. The van der Waals surface area contributed by atoms with E-state index in [1.54, 1.807) is 0 Å². The molecule has 0 amide bonds. The van der Waals surface area contributed by atoms with Gasteiger partial charge in [-0.3, -0.25) is 4.90 Å². The monoisotopic (exact) mass is 345 g/mol. The Bertz CT molecular complexity index is 638. The van der Waals surface area contributed by atoms with Crippen molar-refractivity contribution in [3.63, 3.8) is 0 Å². The predicted molar refractivity (Wildman–Crippen MR) is 97.5 cm³/mol. The first-order chi connectivity index (χ1) is 12.3. The number of rotatable bonds is 8. The number of benzene rings is 1. The Kier molecular flexibility index (Phi) is 6.50. The maximum Gasteiger partial charge on any atom is 0.215 e. The number of aromatic nitrogens is 2. The van der Waals surface area contributed by atoms with Gasteiger partial charge in [0.05, 0.1) is 6.61 Å². The van der Waals surface area contributed by atoms with Gasteiger partial charge in [-0.1, -0.05) is 25.0 Å². The van der Waals surface area contributed by atoms with E-state index in [-0.39, 0.29) is 5.82 Å². The zero-order valence-corrected chi connectivity index (χ0v) is 14.6. The summed E-state index contributed by atoms with van der Waals surface area (Å²) in [6, 6.07) is 8.42. The van der Waals surface area contributed by atoms with Crippen molar-refractivity contribution in [3.8, 4) is 5.75 Å². The fourth-order valence-electron chi connectivity index (χ4n) is 3.07. The summed E-state index contributed by atoms with van der Waals surface area (Å²) in [6.07, 6.45) is 6.19. The first-order valence-corrected chi connectivity index (χ1v) is 9.07. The van der Waals surface area contributed by atoms with E-state index in [4.69, 9.17) is 10.5 Å². The summed E-state index contributed by atoms with van der Waals surface area (Å²) in [5, 5.41) is 10.3. The van der Waals surface area contributed by atoms with Crippen LogP contribution in [0.2, 0.25) is 0 Å². The fourth-order valence-corrected chi connectivity index (χ4v) is 3.07. The Morgan fingerprint density at radius 1 is 1.16 bits per heavy atom. The van der Waals surface area contributed by atoms with Crippen molar-refractivity contribution in [3.05, 3.63) is 29.8 Å². The molecule has 0 spiro atoms. The van der Waals surface area contributed by atoms with Crippen LogP contribution in [0.15, 0.2) is 28.9 Å². The Labute approximate surface area is 148 Å². The lowest BCUT2D eigenvalue weighted by atomic mass is 10.2. The summed E-state index contributed by atoms with van der Waals surface area (Å²) in [5.74, 6) is 1.69. The Balaban J connectivity index is 1.39. The van der Waals surface area contributed by atoms with Gasteiger partial charge >= 0.3 is 0 Å². The molecule has 1 aliphatic heterocycles. The summed E-state index contributed by atoms with van der Waals surface area (Å²) < 4.78 is 10.4. The highest BCUT2D eigenvalue weighted by Gasteiger charge is 2.10. The lowest BCUT2D eigenvalue weighted by Crippen LogP contribution is -2.23. The van der Waals surface area contributed by atoms with Crippen LogP contribution in [-0.2, 0) is 6.54 Å². The minimum absolute atomic E-state index is 0.280. The Morgan fingerprint density at radius 3 is 2.76 bits per heavy atom. The molecule has 3 rings (SSSR count). The molecule has 0 saturated carbocycles. The van der Waals surface area contributed by atoms with Crippen LogP contribution >= 0.6 is 0 Å². The van der Waals surface area contributed by atoms with Gasteiger partial charge in [-0.05, 0) is 60.4 Å². The third-order valence-corrected chi connectivity index (χ3v) is 4.40. The van der Waals surface area contributed by atoms with E-state index in [9.17, 15) is 0 Å². The molecule has 0 aliphatic carbocycles. The number of hydrogen-bond acceptors (Lipinski definition) is 7. The highest BCUT2D eigenvalue weighted by molar-refractivity contribution is 5.53. The van der Waals surface area contributed by atoms with Crippen LogP contribution in [0.1, 0.15) is 37.7 Å². The summed E-state index contributed by atoms with van der Waals surface area (Å²) in [7, 11) is 0. The van der Waals surface area contributed by atoms with Gasteiger partial charge in [0.25, 0.3) is 0 Å². The van der Waals surface area contributed by atoms with E-state index in [0.717, 1.165) is 18.7 Å². The molecule has 7 nitrogen and oxygen atoms in total. The minimum atomic E-state index is 0.280. The lowest BCUT2D eigenvalue weighted by Gasteiger charge is -2.20. The van der Waals surface area contributed by atoms with E-state index in [2.05, 4.69) is 43.4 Å². The van der Waals surface area contributed by atoms with Crippen molar-refractivity contribution < 1.29 is 9.37 Å². The largest absolute Gasteiger partial charge is 0.494 e. The number of nitrogen functional groups attached to an aromatic ring is 1. The van der Waals surface area contributed by atoms with Crippen LogP contribution in [0, 0.1) is 0 Å². The fraction of sp³-hybridized carbons (Fsp3) is 0.556. The number of likely N-dealkylation sites (tertiary alicyclic amines) is 1. The van der Waals surface area contributed by atoms with E-state index in [1.165, 1.54) is 44.3 Å². The van der Waals surface area contributed by atoms with Gasteiger partial charge < -0.3 is 15.8 Å². The van der Waals surface area contributed by atoms with Crippen LogP contribution in [0.3, 0.4) is 0 Å². The highest BCUT2D eigenvalue weighted by Crippen LogP contribution is 2.18. The number of nitrogens with one attached hydrogen (secondary N) is 1. The van der Waals surface area contributed by atoms with Crippen molar-refractivity contribution in [1.29, 1.82) is 0 Å². The van der Waals surface area contributed by atoms with Crippen molar-refractivity contribution in [2.24, 2.45) is 0 Å². The van der Waals surface area contributed by atoms with Gasteiger partial charge in [0.1, 0.15) is 5.75 Å². The average molecular weight is 345 g/mol. The van der Waals surface area contributed by atoms with Crippen LogP contribution in [0.4, 0.5) is 11.6 Å². The van der Waals surface area contributed by atoms with Gasteiger partial charge in [0.15, 0.2) is 0 Å². The average Bonchev–Trinajstić information content (AvgIpc) is 2.86. The third kappa shape index (κ3) is 5.63. The molecule has 1 aromatic heterocycles. The summed E-state index contributed by atoms with van der Waals surface area (Å²) >= 11 is 0. The van der Waals surface area contributed by atoms with Gasteiger partial charge in [-0.25, -0.2) is 4.63 Å². The maximum atomic E-state index is 5.86. The molecule has 2 heterocycles. The van der Waals surface area contributed by atoms with Gasteiger partial charge in [0, 0.05) is 13.1 Å². The van der Waals surface area contributed by atoms with Crippen molar-refractivity contribution in [2.75, 3.05) is 37.3 Å². The number of nitrogens with two attached hydrogens (primary N) is 1. The van der Waals surface area contributed by atoms with Gasteiger partial charge in [-0.2, -0.15) is 0 Å². The Morgan fingerprint density at radius 2 is 2.00 bits per heavy atom. The second kappa shape index (κ2) is 9.27. The second-order valence-electron chi connectivity index (χ2n) is 6.46. The number of ether oxygens (including phenoxy) is 1. The highest BCUT2D eigenvalue weighted by atomic mass is 16.6. The SMILES string of the molecule is Nc1nonc1NCCCOc1cccc(CN2CCCCCC2)c1. The van der Waals surface area contributed by atoms with Crippen molar-refractivity contribution >= 4 is 11.6 Å². The molecular weight excluding hydrogens is 318 g/mol. The summed E-state index contributed by atoms with van der Waals surface area (Å²) in [6.45, 7) is 4.75. The maximum absolute atomic E-state index is 5.86. The molecule has 1 fully saturated rings. The first-order valence-electron chi connectivity index (χ1n) is 9.07. The second-order valence-corrected chi connectivity index (χ2v) is 6.46. The molecule has 1 aliphatic rings. The molecule has 3 N–H and O–H groups in total. The van der Waals surface area contributed by atoms with E-state index in [0.29, 0.717) is 19.0 Å². The number of anilines is 2. The molecule has 0 atom stereocenters. The first kappa shape index (κ1) is 17.5. The van der Waals surface area contributed by atoms with Crippen LogP contribution in [0.5, 0.6) is 5.75 Å². The molecule has 136 valence electrons. The van der Waals surface area contributed by atoms with E-state index in [1.807, 2.05) is 6.07 Å². The minimum Gasteiger partial charge on any atom is -0.494 e. The van der Waals surface area contributed by atoms with E-state index < -0.39 is 0 Å². The Hall–Kier alpha value is -2.28. The van der Waals surface area contributed by atoms with Crippen LogP contribution < -0.4 is 15.8 Å². The molecule has 7 heteroatoms. The molecule has 25 heavy (non-hydrogen) atoms. The molecular formula is C18H27N5O2. The summed E-state index contributed by atoms with van der Waals surface area (Å²) in [5.41, 5.74) is 6.90. The van der Waals surface area contributed by atoms with Crippen LogP contribution in [0.25, 0.3) is 0 Å². The summed E-state index contributed by atoms with van der Waals surface area (Å²) in [4.78, 5) is 2.55. The number of nitrogens with zero attached hydrogens (tertiary/aromatic N) is 3. The topological polar surface area (TPSA) is 89.4 Å². The van der Waals surface area contributed by atoms with Gasteiger partial charge in [0.2, 0.25) is 11.6 Å². The van der Waals surface area contributed by atoms with Crippen LogP contribution in [-0.4, -0.2) is 41.5 Å². The smallest absolute Gasteiger partial charge is 0.215 e.